The Bertz CT molecular complexity index is 437. The lowest BCUT2D eigenvalue weighted by Gasteiger charge is -2.14. The van der Waals surface area contributed by atoms with Crippen LogP contribution in [-0.2, 0) is 6.54 Å². The summed E-state index contributed by atoms with van der Waals surface area (Å²) < 4.78 is 1.89. The Balaban J connectivity index is 1.94. The van der Waals surface area contributed by atoms with E-state index in [2.05, 4.69) is 27.3 Å². The third kappa shape index (κ3) is 2.79. The van der Waals surface area contributed by atoms with Gasteiger partial charge in [0.25, 0.3) is 0 Å². The number of aromatic nitrogens is 4. The van der Waals surface area contributed by atoms with Gasteiger partial charge in [0.2, 0.25) is 0 Å². The molecular weight excluding hydrogens is 202 g/mol. The standard InChI is InChI=1S/C11H15N5/c1-9-6-11(13-8-12-9)15-10(2)7-16-5-3-4-14-16/h3-6,8,10H,7H2,1-2H3,(H,12,13,15). The van der Waals surface area contributed by atoms with Crippen molar-refractivity contribution in [1.29, 1.82) is 0 Å². The number of hydrogen-bond donors (Lipinski definition) is 1. The van der Waals surface area contributed by atoms with Crippen molar-refractivity contribution in [1.82, 2.24) is 19.7 Å². The normalized spacial score (nSPS) is 12.4. The lowest BCUT2D eigenvalue weighted by Crippen LogP contribution is -2.22. The first kappa shape index (κ1) is 10.6. The Hall–Kier alpha value is -1.91. The van der Waals surface area contributed by atoms with Gasteiger partial charge in [0, 0.05) is 30.2 Å². The van der Waals surface area contributed by atoms with E-state index in [-0.39, 0.29) is 6.04 Å². The molecule has 1 N–H and O–H groups in total. The molecule has 0 bridgehead atoms. The number of anilines is 1. The van der Waals surface area contributed by atoms with Crippen LogP contribution < -0.4 is 5.32 Å². The Morgan fingerprint density at radius 1 is 1.44 bits per heavy atom. The van der Waals surface area contributed by atoms with Gasteiger partial charge in [-0.2, -0.15) is 5.10 Å². The van der Waals surface area contributed by atoms with E-state index in [0.717, 1.165) is 18.1 Å². The average molecular weight is 217 g/mol. The minimum absolute atomic E-state index is 0.272. The van der Waals surface area contributed by atoms with Gasteiger partial charge in [-0.15, -0.1) is 0 Å². The second-order valence-corrected chi connectivity index (χ2v) is 3.82. The lowest BCUT2D eigenvalue weighted by molar-refractivity contribution is 0.559. The predicted octanol–water partition coefficient (Wildman–Crippen LogP) is 1.48. The Morgan fingerprint density at radius 2 is 2.31 bits per heavy atom. The molecule has 16 heavy (non-hydrogen) atoms. The number of rotatable bonds is 4. The number of nitrogens with zero attached hydrogens (tertiary/aromatic N) is 4. The minimum atomic E-state index is 0.272. The van der Waals surface area contributed by atoms with Crippen molar-refractivity contribution in [2.75, 3.05) is 5.32 Å². The summed E-state index contributed by atoms with van der Waals surface area (Å²) in [6, 6.07) is 4.12. The van der Waals surface area contributed by atoms with Crippen LogP contribution >= 0.6 is 0 Å². The van der Waals surface area contributed by atoms with Crippen LogP contribution in [0, 0.1) is 6.92 Å². The van der Waals surface area contributed by atoms with Crippen molar-refractivity contribution >= 4 is 5.82 Å². The Labute approximate surface area is 94.5 Å². The molecule has 2 aromatic heterocycles. The Morgan fingerprint density at radius 3 is 3.00 bits per heavy atom. The van der Waals surface area contributed by atoms with E-state index in [9.17, 15) is 0 Å². The van der Waals surface area contributed by atoms with Gasteiger partial charge >= 0.3 is 0 Å². The molecule has 0 aliphatic heterocycles. The molecule has 0 fully saturated rings. The molecular formula is C11H15N5. The summed E-state index contributed by atoms with van der Waals surface area (Å²) in [5.41, 5.74) is 0.962. The molecule has 0 saturated heterocycles. The van der Waals surface area contributed by atoms with Crippen LogP contribution in [0.1, 0.15) is 12.6 Å². The predicted molar refractivity (Wildman–Crippen MR) is 62.1 cm³/mol. The molecule has 1 atom stereocenters. The van der Waals surface area contributed by atoms with Crippen molar-refractivity contribution < 1.29 is 0 Å². The van der Waals surface area contributed by atoms with Crippen LogP contribution in [0.5, 0.6) is 0 Å². The largest absolute Gasteiger partial charge is 0.366 e. The molecule has 84 valence electrons. The molecule has 0 saturated carbocycles. The maximum atomic E-state index is 4.16. The zero-order valence-electron chi connectivity index (χ0n) is 9.46. The second kappa shape index (κ2) is 4.74. The Kier molecular flexibility index (Phi) is 3.14. The van der Waals surface area contributed by atoms with Crippen LogP contribution in [0.25, 0.3) is 0 Å². The number of hydrogen-bond acceptors (Lipinski definition) is 4. The summed E-state index contributed by atoms with van der Waals surface area (Å²) in [4.78, 5) is 8.21. The molecule has 0 amide bonds. The topological polar surface area (TPSA) is 55.6 Å². The average Bonchev–Trinajstić information content (AvgIpc) is 2.70. The van der Waals surface area contributed by atoms with Crippen LogP contribution in [0.4, 0.5) is 5.82 Å². The highest BCUT2D eigenvalue weighted by molar-refractivity contribution is 5.35. The maximum absolute atomic E-state index is 4.16. The van der Waals surface area contributed by atoms with Gasteiger partial charge in [-0.05, 0) is 19.9 Å². The minimum Gasteiger partial charge on any atom is -0.366 e. The van der Waals surface area contributed by atoms with E-state index in [0.29, 0.717) is 0 Å². The fourth-order valence-corrected chi connectivity index (χ4v) is 1.52. The van der Waals surface area contributed by atoms with Gasteiger partial charge in [0.15, 0.2) is 0 Å². The lowest BCUT2D eigenvalue weighted by atomic mass is 10.3. The summed E-state index contributed by atoms with van der Waals surface area (Å²) in [7, 11) is 0. The van der Waals surface area contributed by atoms with Crippen molar-refractivity contribution in [3.05, 3.63) is 36.5 Å². The molecule has 1 unspecified atom stereocenters. The molecule has 0 spiro atoms. The first-order valence-corrected chi connectivity index (χ1v) is 5.26. The fraction of sp³-hybridized carbons (Fsp3) is 0.364. The molecule has 0 aliphatic carbocycles. The van der Waals surface area contributed by atoms with E-state index < -0.39 is 0 Å². The molecule has 0 aliphatic rings. The first-order valence-electron chi connectivity index (χ1n) is 5.26. The summed E-state index contributed by atoms with van der Waals surface area (Å²) in [6.07, 6.45) is 5.29. The fourth-order valence-electron chi connectivity index (χ4n) is 1.52. The van der Waals surface area contributed by atoms with Crippen molar-refractivity contribution in [3.8, 4) is 0 Å². The van der Waals surface area contributed by atoms with Gasteiger partial charge in [-0.3, -0.25) is 4.68 Å². The molecule has 0 aromatic carbocycles. The van der Waals surface area contributed by atoms with Gasteiger partial charge in [0.05, 0.1) is 6.54 Å². The molecule has 2 heterocycles. The van der Waals surface area contributed by atoms with Crippen molar-refractivity contribution in [2.24, 2.45) is 0 Å². The SMILES string of the molecule is Cc1cc(NC(C)Cn2cccn2)ncn1. The third-order valence-electron chi connectivity index (χ3n) is 2.22. The molecule has 2 rings (SSSR count). The van der Waals surface area contributed by atoms with Crippen molar-refractivity contribution in [3.63, 3.8) is 0 Å². The second-order valence-electron chi connectivity index (χ2n) is 3.82. The number of aryl methyl sites for hydroxylation is 1. The van der Waals surface area contributed by atoms with E-state index in [1.807, 2.05) is 29.9 Å². The first-order chi connectivity index (χ1) is 7.74. The van der Waals surface area contributed by atoms with Crippen LogP contribution in [0.3, 0.4) is 0 Å². The summed E-state index contributed by atoms with van der Waals surface area (Å²) in [5.74, 6) is 0.854. The smallest absolute Gasteiger partial charge is 0.129 e. The zero-order valence-corrected chi connectivity index (χ0v) is 9.46. The number of nitrogens with one attached hydrogen (secondary N) is 1. The van der Waals surface area contributed by atoms with Gasteiger partial charge in [0.1, 0.15) is 12.1 Å². The van der Waals surface area contributed by atoms with Crippen LogP contribution in [0.2, 0.25) is 0 Å². The van der Waals surface area contributed by atoms with E-state index in [1.54, 1.807) is 12.5 Å². The van der Waals surface area contributed by atoms with Crippen LogP contribution in [0.15, 0.2) is 30.9 Å². The summed E-state index contributed by atoms with van der Waals surface area (Å²) >= 11 is 0. The highest BCUT2D eigenvalue weighted by Crippen LogP contribution is 2.05. The van der Waals surface area contributed by atoms with Gasteiger partial charge in [-0.1, -0.05) is 0 Å². The highest BCUT2D eigenvalue weighted by atomic mass is 15.3. The molecule has 0 radical (unpaired) electrons. The molecule has 5 nitrogen and oxygen atoms in total. The quantitative estimate of drug-likeness (QED) is 0.842. The van der Waals surface area contributed by atoms with Gasteiger partial charge < -0.3 is 5.32 Å². The zero-order chi connectivity index (χ0) is 11.4. The van der Waals surface area contributed by atoms with Crippen molar-refractivity contribution in [2.45, 2.75) is 26.4 Å². The van der Waals surface area contributed by atoms with E-state index >= 15 is 0 Å². The maximum Gasteiger partial charge on any atom is 0.129 e. The third-order valence-corrected chi connectivity index (χ3v) is 2.22. The highest BCUT2D eigenvalue weighted by Gasteiger charge is 2.04. The summed E-state index contributed by atoms with van der Waals surface area (Å²) in [6.45, 7) is 4.86. The molecule has 2 aromatic rings. The van der Waals surface area contributed by atoms with E-state index in [1.165, 1.54) is 0 Å². The summed E-state index contributed by atoms with van der Waals surface area (Å²) in [5, 5.41) is 7.47. The van der Waals surface area contributed by atoms with E-state index in [4.69, 9.17) is 0 Å². The van der Waals surface area contributed by atoms with Gasteiger partial charge in [-0.25, -0.2) is 9.97 Å². The molecule has 5 heteroatoms. The monoisotopic (exact) mass is 217 g/mol. The van der Waals surface area contributed by atoms with Crippen LogP contribution in [-0.4, -0.2) is 25.8 Å².